The highest BCUT2D eigenvalue weighted by atomic mass is 16.2. The molecule has 0 radical (unpaired) electrons. The maximum absolute atomic E-state index is 12.4. The zero-order valence-corrected chi connectivity index (χ0v) is 16.3. The summed E-state index contributed by atoms with van der Waals surface area (Å²) in [4.78, 5) is 33.5. The predicted molar refractivity (Wildman–Crippen MR) is 106 cm³/mol. The Bertz CT molecular complexity index is 765. The second-order valence-corrected chi connectivity index (χ2v) is 8.76. The molecule has 2 aliphatic carbocycles. The Morgan fingerprint density at radius 1 is 1.07 bits per heavy atom. The van der Waals surface area contributed by atoms with Gasteiger partial charge in [-0.15, -0.1) is 0 Å². The van der Waals surface area contributed by atoms with Crippen LogP contribution in [0.5, 0.6) is 0 Å². The second kappa shape index (κ2) is 7.35. The molecule has 2 aliphatic heterocycles. The summed E-state index contributed by atoms with van der Waals surface area (Å²) in [6.07, 6.45) is 7.23. The molecule has 3 atom stereocenters. The second-order valence-electron chi connectivity index (χ2n) is 8.76. The van der Waals surface area contributed by atoms with Crippen molar-refractivity contribution in [2.75, 3.05) is 25.0 Å². The SMILES string of the molecule is O=C(Nc1cccc(C2CC2)n1)NC1CCC(N2CCN3C(=O)CCC3C2)C1. The summed E-state index contributed by atoms with van der Waals surface area (Å²) < 4.78 is 0. The van der Waals surface area contributed by atoms with E-state index in [1.165, 1.54) is 12.8 Å². The molecule has 4 aliphatic rings. The molecular formula is C21H29N5O2. The Balaban J connectivity index is 1.11. The number of amides is 3. The highest BCUT2D eigenvalue weighted by Crippen LogP contribution is 2.39. The van der Waals surface area contributed by atoms with Crippen molar-refractivity contribution in [1.82, 2.24) is 20.1 Å². The van der Waals surface area contributed by atoms with Gasteiger partial charge in [0.1, 0.15) is 5.82 Å². The van der Waals surface area contributed by atoms with Gasteiger partial charge in [0, 0.05) is 55.8 Å². The highest BCUT2D eigenvalue weighted by molar-refractivity contribution is 5.88. The number of fused-ring (bicyclic) bond motifs is 1. The molecule has 0 aromatic carbocycles. The average Bonchev–Trinajstić information content (AvgIpc) is 3.35. The molecule has 0 bridgehead atoms. The number of urea groups is 1. The molecular weight excluding hydrogens is 354 g/mol. The van der Waals surface area contributed by atoms with Crippen LogP contribution in [0.15, 0.2) is 18.2 Å². The number of aromatic nitrogens is 1. The first-order chi connectivity index (χ1) is 13.7. The molecule has 1 aromatic rings. The van der Waals surface area contributed by atoms with Gasteiger partial charge in [-0.05, 0) is 50.7 Å². The molecule has 7 heteroatoms. The fraction of sp³-hybridized carbons (Fsp3) is 0.667. The summed E-state index contributed by atoms with van der Waals surface area (Å²) in [5.41, 5.74) is 1.09. The molecule has 150 valence electrons. The first kappa shape index (κ1) is 17.9. The first-order valence-corrected chi connectivity index (χ1v) is 10.7. The van der Waals surface area contributed by atoms with Crippen LogP contribution in [0, 0.1) is 0 Å². The van der Waals surface area contributed by atoms with Gasteiger partial charge in [-0.1, -0.05) is 6.07 Å². The van der Waals surface area contributed by atoms with E-state index in [0.29, 0.717) is 36.1 Å². The number of piperazine rings is 1. The van der Waals surface area contributed by atoms with Crippen molar-refractivity contribution in [2.24, 2.45) is 0 Å². The van der Waals surface area contributed by atoms with Crippen LogP contribution in [0.3, 0.4) is 0 Å². The minimum atomic E-state index is -0.155. The predicted octanol–water partition coefficient (Wildman–Crippen LogP) is 2.31. The van der Waals surface area contributed by atoms with Crippen LogP contribution in [0.25, 0.3) is 0 Å². The van der Waals surface area contributed by atoms with Crippen LogP contribution >= 0.6 is 0 Å². The van der Waals surface area contributed by atoms with Crippen LogP contribution in [0.2, 0.25) is 0 Å². The number of carbonyl (C=O) groups is 2. The van der Waals surface area contributed by atoms with Crippen LogP contribution in [-0.4, -0.2) is 64.5 Å². The normalized spacial score (nSPS) is 30.4. The number of nitrogens with one attached hydrogen (secondary N) is 2. The first-order valence-electron chi connectivity index (χ1n) is 10.7. The van der Waals surface area contributed by atoms with Crippen LogP contribution < -0.4 is 10.6 Å². The quantitative estimate of drug-likeness (QED) is 0.836. The van der Waals surface area contributed by atoms with Gasteiger partial charge in [0.05, 0.1) is 0 Å². The molecule has 2 saturated carbocycles. The molecule has 0 spiro atoms. The minimum absolute atomic E-state index is 0.155. The van der Waals surface area contributed by atoms with E-state index in [2.05, 4.69) is 25.4 Å². The summed E-state index contributed by atoms with van der Waals surface area (Å²) in [5.74, 6) is 1.54. The number of hydrogen-bond donors (Lipinski definition) is 2. The standard InChI is InChI=1S/C21H29N5O2/c27-20-9-8-17-13-25(10-11-26(17)20)16-7-6-15(12-16)22-21(28)24-19-3-1-2-18(23-19)14-4-5-14/h1-3,14-17H,4-13H2,(H2,22,23,24,28). The molecule has 2 N–H and O–H groups in total. The van der Waals surface area contributed by atoms with E-state index in [9.17, 15) is 9.59 Å². The summed E-state index contributed by atoms with van der Waals surface area (Å²) in [5, 5.41) is 6.04. The lowest BCUT2D eigenvalue weighted by Crippen LogP contribution is -2.54. The van der Waals surface area contributed by atoms with E-state index in [-0.39, 0.29) is 12.1 Å². The number of pyridine rings is 1. The Morgan fingerprint density at radius 2 is 1.96 bits per heavy atom. The van der Waals surface area contributed by atoms with E-state index >= 15 is 0 Å². The Labute approximate surface area is 165 Å². The fourth-order valence-electron chi connectivity index (χ4n) is 5.11. The van der Waals surface area contributed by atoms with Crippen molar-refractivity contribution >= 4 is 17.8 Å². The van der Waals surface area contributed by atoms with E-state index in [0.717, 1.165) is 51.0 Å². The van der Waals surface area contributed by atoms with Gasteiger partial charge in [-0.2, -0.15) is 0 Å². The summed E-state index contributed by atoms with van der Waals surface area (Å²) in [7, 11) is 0. The fourth-order valence-corrected chi connectivity index (χ4v) is 5.11. The maximum atomic E-state index is 12.4. The van der Waals surface area contributed by atoms with Gasteiger partial charge in [0.25, 0.3) is 0 Å². The van der Waals surface area contributed by atoms with E-state index in [1.54, 1.807) is 0 Å². The highest BCUT2D eigenvalue weighted by Gasteiger charge is 2.39. The molecule has 7 nitrogen and oxygen atoms in total. The number of anilines is 1. The third-order valence-corrected chi connectivity index (χ3v) is 6.79. The lowest BCUT2D eigenvalue weighted by Gasteiger charge is -2.40. The van der Waals surface area contributed by atoms with Gasteiger partial charge in [-0.3, -0.25) is 15.0 Å². The van der Waals surface area contributed by atoms with Gasteiger partial charge < -0.3 is 10.2 Å². The van der Waals surface area contributed by atoms with Crippen LogP contribution in [0.1, 0.15) is 56.6 Å². The number of hydrogen-bond acceptors (Lipinski definition) is 4. The van der Waals surface area contributed by atoms with E-state index in [4.69, 9.17) is 0 Å². The van der Waals surface area contributed by atoms with Crippen molar-refractivity contribution in [3.63, 3.8) is 0 Å². The van der Waals surface area contributed by atoms with Crippen molar-refractivity contribution in [3.05, 3.63) is 23.9 Å². The van der Waals surface area contributed by atoms with Crippen molar-refractivity contribution in [3.8, 4) is 0 Å². The average molecular weight is 383 g/mol. The molecule has 28 heavy (non-hydrogen) atoms. The van der Waals surface area contributed by atoms with Gasteiger partial charge in [0.15, 0.2) is 0 Å². The third kappa shape index (κ3) is 3.72. The number of carbonyl (C=O) groups excluding carboxylic acids is 2. The van der Waals surface area contributed by atoms with Gasteiger partial charge >= 0.3 is 6.03 Å². The Kier molecular flexibility index (Phi) is 4.70. The lowest BCUT2D eigenvalue weighted by atomic mass is 10.1. The Morgan fingerprint density at radius 3 is 2.82 bits per heavy atom. The molecule has 4 fully saturated rings. The smallest absolute Gasteiger partial charge is 0.320 e. The largest absolute Gasteiger partial charge is 0.337 e. The van der Waals surface area contributed by atoms with E-state index < -0.39 is 0 Å². The third-order valence-electron chi connectivity index (χ3n) is 6.79. The summed E-state index contributed by atoms with van der Waals surface area (Å²) in [6, 6.07) is 6.83. The lowest BCUT2D eigenvalue weighted by molar-refractivity contribution is -0.131. The van der Waals surface area contributed by atoms with Crippen molar-refractivity contribution in [2.45, 2.75) is 69.0 Å². The van der Waals surface area contributed by atoms with Crippen LogP contribution in [-0.2, 0) is 4.79 Å². The molecule has 1 aromatic heterocycles. The molecule has 2 saturated heterocycles. The summed E-state index contributed by atoms with van der Waals surface area (Å²) in [6.45, 7) is 2.82. The Hall–Kier alpha value is -2.15. The number of nitrogens with zero attached hydrogens (tertiary/aromatic N) is 3. The number of rotatable bonds is 4. The topological polar surface area (TPSA) is 77.6 Å². The van der Waals surface area contributed by atoms with Gasteiger partial charge in [0.2, 0.25) is 5.91 Å². The monoisotopic (exact) mass is 383 g/mol. The minimum Gasteiger partial charge on any atom is -0.337 e. The summed E-state index contributed by atoms with van der Waals surface area (Å²) >= 11 is 0. The molecule has 3 amide bonds. The van der Waals surface area contributed by atoms with Crippen molar-refractivity contribution in [1.29, 1.82) is 0 Å². The molecule has 3 unspecified atom stereocenters. The maximum Gasteiger partial charge on any atom is 0.320 e. The molecule has 3 heterocycles. The van der Waals surface area contributed by atoms with Gasteiger partial charge in [-0.25, -0.2) is 9.78 Å². The zero-order chi connectivity index (χ0) is 19.1. The van der Waals surface area contributed by atoms with Crippen molar-refractivity contribution < 1.29 is 9.59 Å². The zero-order valence-electron chi connectivity index (χ0n) is 16.3. The van der Waals surface area contributed by atoms with E-state index in [1.807, 2.05) is 18.2 Å². The van der Waals surface area contributed by atoms with Crippen LogP contribution in [0.4, 0.5) is 10.6 Å². The molecule has 5 rings (SSSR count).